The van der Waals surface area contributed by atoms with Crippen LogP contribution in [0.1, 0.15) is 18.9 Å². The van der Waals surface area contributed by atoms with Gasteiger partial charge in [-0.2, -0.15) is 0 Å². The Balaban J connectivity index is 2.44. The fourth-order valence-electron chi connectivity index (χ4n) is 1.78. The van der Waals surface area contributed by atoms with E-state index >= 15 is 0 Å². The molecule has 0 aliphatic heterocycles. The number of benzene rings is 1. The number of halogens is 1. The minimum atomic E-state index is 0.172. The van der Waals surface area contributed by atoms with Gasteiger partial charge in [0.25, 0.3) is 0 Å². The third kappa shape index (κ3) is 4.78. The summed E-state index contributed by atoms with van der Waals surface area (Å²) in [5, 5.41) is 0. The van der Waals surface area contributed by atoms with Crippen molar-refractivity contribution in [2.24, 2.45) is 11.7 Å². The van der Waals surface area contributed by atoms with Crippen molar-refractivity contribution >= 4 is 21.8 Å². The first-order valence-electron chi connectivity index (χ1n) is 6.22. The molecular weight excluding hydrogens is 292 g/mol. The number of carbonyl (C=O) groups excluding carboxylic acids is 1. The number of nitrogens with zero attached hydrogens (tertiary/aromatic N) is 1. The Labute approximate surface area is 117 Å². The van der Waals surface area contributed by atoms with Gasteiger partial charge in [0, 0.05) is 24.5 Å². The highest BCUT2D eigenvalue weighted by Gasteiger charge is 2.12. The van der Waals surface area contributed by atoms with Gasteiger partial charge in [0.2, 0.25) is 5.91 Å². The third-order valence-electron chi connectivity index (χ3n) is 2.98. The third-order valence-corrected chi connectivity index (χ3v) is 3.75. The Morgan fingerprint density at radius 2 is 2.11 bits per heavy atom. The average Bonchev–Trinajstić information content (AvgIpc) is 2.37. The quantitative estimate of drug-likeness (QED) is 0.877. The number of carbonyl (C=O) groups is 1. The molecule has 0 aliphatic carbocycles. The number of nitrogens with two attached hydrogens (primary N) is 1. The van der Waals surface area contributed by atoms with Gasteiger partial charge >= 0.3 is 0 Å². The zero-order valence-corrected chi connectivity index (χ0v) is 12.6. The lowest BCUT2D eigenvalue weighted by molar-refractivity contribution is -0.130. The second-order valence-corrected chi connectivity index (χ2v) is 5.56. The van der Waals surface area contributed by atoms with Gasteiger partial charge in [0.15, 0.2) is 0 Å². The Morgan fingerprint density at radius 3 is 2.72 bits per heavy atom. The second-order valence-electron chi connectivity index (χ2n) is 4.71. The minimum absolute atomic E-state index is 0.172. The van der Waals surface area contributed by atoms with Crippen LogP contribution in [0.5, 0.6) is 0 Å². The molecule has 0 saturated carbocycles. The Bertz CT molecular complexity index is 395. The summed E-state index contributed by atoms with van der Waals surface area (Å²) >= 11 is 3.49. The molecule has 1 aromatic carbocycles. The second kappa shape index (κ2) is 7.54. The monoisotopic (exact) mass is 312 g/mol. The first-order valence-corrected chi connectivity index (χ1v) is 7.01. The molecule has 0 fully saturated rings. The summed E-state index contributed by atoms with van der Waals surface area (Å²) in [5.74, 6) is 0.522. The predicted octanol–water partition coefficient (Wildman–Crippen LogP) is 2.43. The fraction of sp³-hybridized carbons (Fsp3) is 0.500. The Hall–Kier alpha value is -0.870. The van der Waals surface area contributed by atoms with Crippen molar-refractivity contribution in [1.29, 1.82) is 0 Å². The molecule has 0 radical (unpaired) electrons. The highest BCUT2D eigenvalue weighted by atomic mass is 79.9. The van der Waals surface area contributed by atoms with E-state index < -0.39 is 0 Å². The summed E-state index contributed by atoms with van der Waals surface area (Å²) in [6, 6.07) is 8.01. The topological polar surface area (TPSA) is 46.3 Å². The van der Waals surface area contributed by atoms with E-state index in [-0.39, 0.29) is 5.91 Å². The Morgan fingerprint density at radius 1 is 1.44 bits per heavy atom. The van der Waals surface area contributed by atoms with Crippen LogP contribution in [-0.4, -0.2) is 30.9 Å². The molecule has 1 aromatic rings. The molecule has 0 heterocycles. The van der Waals surface area contributed by atoms with Crippen LogP contribution >= 0.6 is 15.9 Å². The lowest BCUT2D eigenvalue weighted by Crippen LogP contribution is -2.33. The van der Waals surface area contributed by atoms with E-state index in [0.717, 1.165) is 17.4 Å². The average molecular weight is 313 g/mol. The summed E-state index contributed by atoms with van der Waals surface area (Å²) in [5.41, 5.74) is 6.73. The molecule has 0 aromatic heterocycles. The summed E-state index contributed by atoms with van der Waals surface area (Å²) in [7, 11) is 1.84. The van der Waals surface area contributed by atoms with Gasteiger partial charge in [-0.25, -0.2) is 0 Å². The SMILES string of the molecule is CC(CN)CN(C)C(=O)CCc1ccccc1Br. The van der Waals surface area contributed by atoms with E-state index in [1.165, 1.54) is 5.56 Å². The lowest BCUT2D eigenvalue weighted by Gasteiger charge is -2.20. The van der Waals surface area contributed by atoms with E-state index in [4.69, 9.17) is 5.73 Å². The number of aryl methyl sites for hydroxylation is 1. The van der Waals surface area contributed by atoms with Crippen molar-refractivity contribution in [2.45, 2.75) is 19.8 Å². The fourth-order valence-corrected chi connectivity index (χ4v) is 2.26. The van der Waals surface area contributed by atoms with Gasteiger partial charge in [0.1, 0.15) is 0 Å². The number of hydrogen-bond donors (Lipinski definition) is 1. The molecule has 0 saturated heterocycles. The lowest BCUT2D eigenvalue weighted by atomic mass is 10.1. The molecule has 1 rings (SSSR count). The van der Waals surface area contributed by atoms with Crippen LogP contribution in [0.15, 0.2) is 28.7 Å². The Kier molecular flexibility index (Phi) is 6.36. The maximum atomic E-state index is 11.9. The van der Waals surface area contributed by atoms with Crippen LogP contribution in [0.4, 0.5) is 0 Å². The largest absolute Gasteiger partial charge is 0.345 e. The van der Waals surface area contributed by atoms with Crippen LogP contribution in [-0.2, 0) is 11.2 Å². The van der Waals surface area contributed by atoms with Crippen molar-refractivity contribution in [3.8, 4) is 0 Å². The molecule has 0 bridgehead atoms. The van der Waals surface area contributed by atoms with E-state index in [1.807, 2.05) is 31.3 Å². The van der Waals surface area contributed by atoms with E-state index in [0.29, 0.717) is 18.9 Å². The predicted molar refractivity (Wildman–Crippen MR) is 78.3 cm³/mol. The van der Waals surface area contributed by atoms with Crippen LogP contribution < -0.4 is 5.73 Å². The van der Waals surface area contributed by atoms with Gasteiger partial charge < -0.3 is 10.6 Å². The van der Waals surface area contributed by atoms with Crippen molar-refractivity contribution < 1.29 is 4.79 Å². The van der Waals surface area contributed by atoms with Gasteiger partial charge in [-0.15, -0.1) is 0 Å². The molecule has 1 amide bonds. The van der Waals surface area contributed by atoms with E-state index in [9.17, 15) is 4.79 Å². The van der Waals surface area contributed by atoms with E-state index in [1.54, 1.807) is 4.90 Å². The van der Waals surface area contributed by atoms with E-state index in [2.05, 4.69) is 22.9 Å². The van der Waals surface area contributed by atoms with Gasteiger partial charge in [-0.3, -0.25) is 4.79 Å². The molecule has 18 heavy (non-hydrogen) atoms. The highest BCUT2D eigenvalue weighted by molar-refractivity contribution is 9.10. The summed E-state index contributed by atoms with van der Waals surface area (Å²) in [6.45, 7) is 3.39. The van der Waals surface area contributed by atoms with Crippen LogP contribution in [0.2, 0.25) is 0 Å². The van der Waals surface area contributed by atoms with Crippen LogP contribution in [0.25, 0.3) is 0 Å². The zero-order chi connectivity index (χ0) is 13.5. The van der Waals surface area contributed by atoms with Crippen molar-refractivity contribution in [1.82, 2.24) is 4.90 Å². The molecule has 2 N–H and O–H groups in total. The molecule has 0 aliphatic rings. The normalized spacial score (nSPS) is 12.2. The molecule has 1 unspecified atom stereocenters. The van der Waals surface area contributed by atoms with Crippen molar-refractivity contribution in [2.75, 3.05) is 20.1 Å². The number of amides is 1. The summed E-state index contributed by atoms with van der Waals surface area (Å²) in [4.78, 5) is 13.7. The van der Waals surface area contributed by atoms with Gasteiger partial charge in [-0.1, -0.05) is 41.1 Å². The minimum Gasteiger partial charge on any atom is -0.345 e. The number of rotatable bonds is 6. The first-order chi connectivity index (χ1) is 8.54. The van der Waals surface area contributed by atoms with Crippen molar-refractivity contribution in [3.05, 3.63) is 34.3 Å². The molecule has 0 spiro atoms. The highest BCUT2D eigenvalue weighted by Crippen LogP contribution is 2.17. The maximum absolute atomic E-state index is 11.9. The summed E-state index contributed by atoms with van der Waals surface area (Å²) < 4.78 is 1.07. The molecular formula is C14H21BrN2O. The van der Waals surface area contributed by atoms with Crippen LogP contribution in [0, 0.1) is 5.92 Å². The number of hydrogen-bond acceptors (Lipinski definition) is 2. The molecule has 3 nitrogen and oxygen atoms in total. The molecule has 1 atom stereocenters. The molecule has 100 valence electrons. The van der Waals surface area contributed by atoms with Crippen molar-refractivity contribution in [3.63, 3.8) is 0 Å². The zero-order valence-electron chi connectivity index (χ0n) is 11.0. The molecule has 4 heteroatoms. The van der Waals surface area contributed by atoms with Gasteiger partial charge in [-0.05, 0) is 30.5 Å². The summed E-state index contributed by atoms with van der Waals surface area (Å²) in [6.07, 6.45) is 1.30. The standard InChI is InChI=1S/C14H21BrN2O/c1-11(9-16)10-17(2)14(18)8-7-12-5-3-4-6-13(12)15/h3-6,11H,7-10,16H2,1-2H3. The van der Waals surface area contributed by atoms with Gasteiger partial charge in [0.05, 0.1) is 0 Å². The maximum Gasteiger partial charge on any atom is 0.222 e. The van der Waals surface area contributed by atoms with Crippen LogP contribution in [0.3, 0.4) is 0 Å². The smallest absolute Gasteiger partial charge is 0.222 e. The first kappa shape index (κ1) is 15.2.